The molecular formula is C5H10FNO. The summed E-state index contributed by atoms with van der Waals surface area (Å²) in [6, 6.07) is 0. The summed E-state index contributed by atoms with van der Waals surface area (Å²) in [7, 11) is 0. The molecule has 0 aromatic heterocycles. The van der Waals surface area contributed by atoms with E-state index in [-0.39, 0.29) is 12.8 Å². The Morgan fingerprint density at radius 1 is 1.75 bits per heavy atom. The fraction of sp³-hybridized carbons (Fsp3) is 1.00. The van der Waals surface area contributed by atoms with Gasteiger partial charge in [-0.15, -0.1) is 0 Å². The Bertz CT molecular complexity index is 63.4. The highest BCUT2D eigenvalue weighted by Crippen LogP contribution is 1.94. The van der Waals surface area contributed by atoms with Crippen molar-refractivity contribution in [2.24, 2.45) is 0 Å². The summed E-state index contributed by atoms with van der Waals surface area (Å²) in [6.45, 7) is 1.80. The van der Waals surface area contributed by atoms with Crippen molar-refractivity contribution in [3.05, 3.63) is 0 Å². The van der Waals surface area contributed by atoms with E-state index in [1.54, 1.807) is 0 Å². The highest BCUT2D eigenvalue weighted by Gasteiger charge is 2.11. The van der Waals surface area contributed by atoms with Crippen LogP contribution in [0.2, 0.25) is 0 Å². The number of nitrogens with one attached hydrogen (secondary N) is 1. The van der Waals surface area contributed by atoms with Gasteiger partial charge in [0.2, 0.25) is 0 Å². The zero-order chi connectivity index (χ0) is 5.82. The Hall–Kier alpha value is -0.150. The van der Waals surface area contributed by atoms with Gasteiger partial charge in [-0.25, -0.2) is 4.39 Å². The van der Waals surface area contributed by atoms with Gasteiger partial charge in [0.1, 0.15) is 6.67 Å². The lowest BCUT2D eigenvalue weighted by Gasteiger charge is -2.20. The molecule has 3 heteroatoms. The van der Waals surface area contributed by atoms with Crippen LogP contribution in [0, 0.1) is 0 Å². The second kappa shape index (κ2) is 2.99. The van der Waals surface area contributed by atoms with Crippen molar-refractivity contribution in [1.82, 2.24) is 5.32 Å². The maximum Gasteiger partial charge on any atom is 0.117 e. The molecule has 0 amide bonds. The summed E-state index contributed by atoms with van der Waals surface area (Å²) in [5, 5.41) is 3.02. The first-order valence-corrected chi connectivity index (χ1v) is 2.82. The van der Waals surface area contributed by atoms with Crippen molar-refractivity contribution in [1.29, 1.82) is 0 Å². The average Bonchev–Trinajstić information content (AvgIpc) is 1.90. The predicted molar refractivity (Wildman–Crippen MR) is 28.6 cm³/mol. The number of alkyl halides is 1. The Balaban J connectivity index is 2.13. The van der Waals surface area contributed by atoms with Gasteiger partial charge in [0, 0.05) is 13.1 Å². The maximum atomic E-state index is 11.7. The third-order valence-corrected chi connectivity index (χ3v) is 1.18. The second-order valence-electron chi connectivity index (χ2n) is 1.85. The van der Waals surface area contributed by atoms with Gasteiger partial charge < -0.3 is 10.1 Å². The van der Waals surface area contributed by atoms with Crippen LogP contribution in [0.1, 0.15) is 0 Å². The van der Waals surface area contributed by atoms with Crippen LogP contribution < -0.4 is 5.32 Å². The predicted octanol–water partition coefficient (Wildman–Crippen LogP) is -0.0557. The van der Waals surface area contributed by atoms with Gasteiger partial charge in [-0.3, -0.25) is 0 Å². The third-order valence-electron chi connectivity index (χ3n) is 1.18. The SMILES string of the molecule is FC[C@H]1CNCCO1. The summed E-state index contributed by atoms with van der Waals surface area (Å²) >= 11 is 0. The highest BCUT2D eigenvalue weighted by atomic mass is 19.1. The summed E-state index contributed by atoms with van der Waals surface area (Å²) in [4.78, 5) is 0. The van der Waals surface area contributed by atoms with Crippen molar-refractivity contribution < 1.29 is 9.13 Å². The molecule has 1 aliphatic heterocycles. The monoisotopic (exact) mass is 119 g/mol. The van der Waals surface area contributed by atoms with E-state index in [9.17, 15) is 4.39 Å². The molecule has 0 bridgehead atoms. The van der Waals surface area contributed by atoms with E-state index in [1.807, 2.05) is 0 Å². The van der Waals surface area contributed by atoms with Gasteiger partial charge in [0.15, 0.2) is 0 Å². The Labute approximate surface area is 48.0 Å². The topological polar surface area (TPSA) is 21.3 Å². The molecule has 0 unspecified atom stereocenters. The quantitative estimate of drug-likeness (QED) is 0.522. The summed E-state index contributed by atoms with van der Waals surface area (Å²) < 4.78 is 16.7. The van der Waals surface area contributed by atoms with Gasteiger partial charge >= 0.3 is 0 Å². The van der Waals surface area contributed by atoms with Crippen LogP contribution in [0.4, 0.5) is 4.39 Å². The van der Waals surface area contributed by atoms with E-state index < -0.39 is 0 Å². The molecule has 8 heavy (non-hydrogen) atoms. The van der Waals surface area contributed by atoms with Crippen LogP contribution in [0.25, 0.3) is 0 Å². The van der Waals surface area contributed by atoms with E-state index in [4.69, 9.17) is 4.74 Å². The van der Waals surface area contributed by atoms with Crippen LogP contribution in [0.5, 0.6) is 0 Å². The first-order chi connectivity index (χ1) is 3.93. The number of rotatable bonds is 1. The number of halogens is 1. The van der Waals surface area contributed by atoms with Gasteiger partial charge in [-0.2, -0.15) is 0 Å². The molecule has 48 valence electrons. The molecule has 0 saturated carbocycles. The van der Waals surface area contributed by atoms with Crippen LogP contribution in [0.3, 0.4) is 0 Å². The van der Waals surface area contributed by atoms with Crippen molar-refractivity contribution in [3.8, 4) is 0 Å². The van der Waals surface area contributed by atoms with E-state index in [2.05, 4.69) is 5.32 Å². The normalized spacial score (nSPS) is 30.4. The number of hydrogen-bond donors (Lipinski definition) is 1. The Kier molecular flexibility index (Phi) is 2.24. The number of hydrogen-bond acceptors (Lipinski definition) is 2. The van der Waals surface area contributed by atoms with Gasteiger partial charge in [-0.1, -0.05) is 0 Å². The molecule has 0 spiro atoms. The number of morpholine rings is 1. The zero-order valence-electron chi connectivity index (χ0n) is 4.69. The molecule has 1 atom stereocenters. The maximum absolute atomic E-state index is 11.7. The number of ether oxygens (including phenoxy) is 1. The smallest absolute Gasteiger partial charge is 0.117 e. The van der Waals surface area contributed by atoms with Crippen LogP contribution >= 0.6 is 0 Å². The van der Waals surface area contributed by atoms with Crippen LogP contribution in [-0.2, 0) is 4.74 Å². The zero-order valence-corrected chi connectivity index (χ0v) is 4.69. The molecule has 1 fully saturated rings. The van der Waals surface area contributed by atoms with Gasteiger partial charge in [-0.05, 0) is 0 Å². The Morgan fingerprint density at radius 3 is 3.00 bits per heavy atom. The van der Waals surface area contributed by atoms with Crippen molar-refractivity contribution in [3.63, 3.8) is 0 Å². The second-order valence-corrected chi connectivity index (χ2v) is 1.85. The molecule has 2 nitrogen and oxygen atoms in total. The summed E-state index contributed by atoms with van der Waals surface area (Å²) in [6.07, 6.45) is -0.191. The standard InChI is InChI=1S/C5H10FNO/c6-3-5-4-7-1-2-8-5/h5,7H,1-4H2/t5-/m0/s1. The molecule has 1 N–H and O–H groups in total. The minimum atomic E-state index is -0.368. The average molecular weight is 119 g/mol. The minimum absolute atomic E-state index is 0.191. The first-order valence-electron chi connectivity index (χ1n) is 2.82. The molecule has 1 saturated heterocycles. The third kappa shape index (κ3) is 1.42. The molecule has 1 rings (SSSR count). The van der Waals surface area contributed by atoms with E-state index in [1.165, 1.54) is 0 Å². The highest BCUT2D eigenvalue weighted by molar-refractivity contribution is 4.64. The first kappa shape index (κ1) is 5.98. The van der Waals surface area contributed by atoms with E-state index in [0.717, 1.165) is 6.54 Å². The molecule has 0 aromatic rings. The Morgan fingerprint density at radius 2 is 2.62 bits per heavy atom. The van der Waals surface area contributed by atoms with E-state index >= 15 is 0 Å². The molecule has 0 aliphatic carbocycles. The lowest BCUT2D eigenvalue weighted by atomic mass is 10.3. The lowest BCUT2D eigenvalue weighted by Crippen LogP contribution is -2.39. The van der Waals surface area contributed by atoms with Gasteiger partial charge in [0.05, 0.1) is 12.7 Å². The molecular weight excluding hydrogens is 109 g/mol. The van der Waals surface area contributed by atoms with Crippen LogP contribution in [-0.4, -0.2) is 32.5 Å². The summed E-state index contributed by atoms with van der Waals surface area (Å²) in [5.41, 5.74) is 0. The van der Waals surface area contributed by atoms with Crippen molar-refractivity contribution in [2.45, 2.75) is 6.10 Å². The molecule has 0 aromatic carbocycles. The fourth-order valence-electron chi connectivity index (χ4n) is 0.719. The largest absolute Gasteiger partial charge is 0.373 e. The molecule has 1 aliphatic rings. The van der Waals surface area contributed by atoms with Crippen molar-refractivity contribution in [2.75, 3.05) is 26.4 Å². The van der Waals surface area contributed by atoms with E-state index in [0.29, 0.717) is 13.2 Å². The van der Waals surface area contributed by atoms with Crippen LogP contribution in [0.15, 0.2) is 0 Å². The minimum Gasteiger partial charge on any atom is -0.373 e. The fourth-order valence-corrected chi connectivity index (χ4v) is 0.719. The van der Waals surface area contributed by atoms with Crippen molar-refractivity contribution >= 4 is 0 Å². The lowest BCUT2D eigenvalue weighted by molar-refractivity contribution is 0.0137. The molecule has 1 heterocycles. The summed E-state index contributed by atoms with van der Waals surface area (Å²) in [5.74, 6) is 0. The molecule has 0 radical (unpaired) electrons. The van der Waals surface area contributed by atoms with Gasteiger partial charge in [0.25, 0.3) is 0 Å².